The molecule has 43 heavy (non-hydrogen) atoms. The summed E-state index contributed by atoms with van der Waals surface area (Å²) in [6, 6.07) is 8.03. The molecule has 2 aliphatic rings. The minimum absolute atomic E-state index is 0.0539. The van der Waals surface area contributed by atoms with E-state index in [9.17, 15) is 32.7 Å². The van der Waals surface area contributed by atoms with Crippen molar-refractivity contribution in [3.63, 3.8) is 0 Å². The number of aliphatic carboxylic acids is 1. The zero-order chi connectivity index (χ0) is 31.5. The number of likely N-dealkylation sites (N-methyl/N-ethyl adjacent to an activating group) is 1. The van der Waals surface area contributed by atoms with Crippen LogP contribution in [0, 0.1) is 0 Å². The van der Waals surface area contributed by atoms with Gasteiger partial charge in [0.05, 0.1) is 12.0 Å². The molecule has 1 aliphatic carbocycles. The molecule has 2 aromatic carbocycles. The van der Waals surface area contributed by atoms with Crippen LogP contribution in [0.5, 0.6) is 5.75 Å². The molecular weight excluding hydrogens is 565 g/mol. The van der Waals surface area contributed by atoms with Crippen LogP contribution in [-0.2, 0) is 33.5 Å². The third-order valence-electron chi connectivity index (χ3n) is 7.96. The van der Waals surface area contributed by atoms with E-state index in [0.29, 0.717) is 24.4 Å². The molecule has 2 amide bonds. The number of carboxylic acids is 1. The predicted molar refractivity (Wildman–Crippen MR) is 154 cm³/mol. The Balaban J connectivity index is 1.43. The molecule has 1 aliphatic heterocycles. The summed E-state index contributed by atoms with van der Waals surface area (Å²) in [7, 11) is 1.27. The van der Waals surface area contributed by atoms with Crippen molar-refractivity contribution in [1.82, 2.24) is 4.90 Å². The molecule has 4 rings (SSSR count). The second-order valence-corrected chi connectivity index (χ2v) is 12.3. The van der Waals surface area contributed by atoms with Gasteiger partial charge in [-0.15, -0.1) is 0 Å². The Bertz CT molecular complexity index is 1350. The topological polar surface area (TPSA) is 96.4 Å². The largest absolute Gasteiger partial charge is 0.489 e. The van der Waals surface area contributed by atoms with E-state index in [1.807, 2.05) is 0 Å². The average Bonchev–Trinajstić information content (AvgIpc) is 3.36. The molecule has 8 nitrogen and oxygen atoms in total. The molecule has 0 unspecified atom stereocenters. The normalized spacial score (nSPS) is 16.4. The van der Waals surface area contributed by atoms with Crippen molar-refractivity contribution in [3.05, 3.63) is 58.7 Å². The van der Waals surface area contributed by atoms with E-state index in [1.165, 1.54) is 24.1 Å². The van der Waals surface area contributed by atoms with Crippen LogP contribution in [0.3, 0.4) is 0 Å². The van der Waals surface area contributed by atoms with Gasteiger partial charge in [0, 0.05) is 24.8 Å². The second-order valence-electron chi connectivity index (χ2n) is 12.3. The van der Waals surface area contributed by atoms with Crippen molar-refractivity contribution >= 4 is 23.7 Å². The first-order valence-corrected chi connectivity index (χ1v) is 14.6. The number of hydrogen-bond donors (Lipinski definition) is 1. The quantitative estimate of drug-likeness (QED) is 0.351. The van der Waals surface area contributed by atoms with Gasteiger partial charge in [-0.3, -0.25) is 9.69 Å². The van der Waals surface area contributed by atoms with Crippen molar-refractivity contribution in [1.29, 1.82) is 0 Å². The van der Waals surface area contributed by atoms with Gasteiger partial charge >= 0.3 is 18.2 Å². The molecule has 1 saturated carbocycles. The lowest BCUT2D eigenvalue weighted by molar-refractivity contribution is -0.144. The molecule has 1 heterocycles. The van der Waals surface area contributed by atoms with E-state index in [4.69, 9.17) is 9.47 Å². The Morgan fingerprint density at radius 1 is 1.05 bits per heavy atom. The highest BCUT2D eigenvalue weighted by Crippen LogP contribution is 2.39. The maximum atomic E-state index is 14.0. The molecule has 0 spiro atoms. The fraction of sp³-hybridized carbons (Fsp3) is 0.531. The Morgan fingerprint density at radius 2 is 1.74 bits per heavy atom. The van der Waals surface area contributed by atoms with Gasteiger partial charge in [0.1, 0.15) is 24.0 Å². The lowest BCUT2D eigenvalue weighted by Gasteiger charge is -2.29. The van der Waals surface area contributed by atoms with E-state index in [0.717, 1.165) is 48.1 Å². The summed E-state index contributed by atoms with van der Waals surface area (Å²) in [5, 5.41) is 9.71. The standard InChI is InChI=1S/C32H39F3N2O6/c1-31(2,3)43-30(41)36(4)27(29(39)40)18-28(38)37-15-14-22-16-24(12-13-26(22)37)42-19-23-11-10-21(17-25(23)32(33,34)35)20-8-6-5-7-9-20/h10-13,16-17,20,27H,5-9,14-15,18-19H2,1-4H3,(H,39,40)/t27-/m1/s1. The molecule has 2 aromatic rings. The van der Waals surface area contributed by atoms with Gasteiger partial charge in [0.25, 0.3) is 0 Å². The van der Waals surface area contributed by atoms with E-state index in [1.54, 1.807) is 45.0 Å². The van der Waals surface area contributed by atoms with Crippen LogP contribution >= 0.6 is 0 Å². The zero-order valence-corrected chi connectivity index (χ0v) is 25.0. The number of anilines is 1. The number of rotatable bonds is 8. The van der Waals surface area contributed by atoms with Gasteiger partial charge in [-0.05, 0) is 81.3 Å². The number of alkyl halides is 3. The van der Waals surface area contributed by atoms with Crippen LogP contribution in [0.25, 0.3) is 0 Å². The van der Waals surface area contributed by atoms with Crippen molar-refractivity contribution in [3.8, 4) is 5.75 Å². The van der Waals surface area contributed by atoms with Crippen molar-refractivity contribution < 1.29 is 42.1 Å². The molecule has 11 heteroatoms. The Labute approximate surface area is 249 Å². The van der Waals surface area contributed by atoms with Crippen LogP contribution < -0.4 is 9.64 Å². The van der Waals surface area contributed by atoms with E-state index < -0.39 is 47.8 Å². The number of hydrogen-bond acceptors (Lipinski definition) is 5. The summed E-state index contributed by atoms with van der Waals surface area (Å²) in [4.78, 5) is 39.8. The Hall–Kier alpha value is -3.76. The third-order valence-corrected chi connectivity index (χ3v) is 7.96. The third kappa shape index (κ3) is 8.00. The minimum Gasteiger partial charge on any atom is -0.489 e. The fourth-order valence-electron chi connectivity index (χ4n) is 5.69. The number of amides is 2. The number of fused-ring (bicyclic) bond motifs is 1. The number of nitrogens with zero attached hydrogens (tertiary/aromatic N) is 2. The molecule has 0 saturated heterocycles. The molecule has 0 radical (unpaired) electrons. The lowest BCUT2D eigenvalue weighted by atomic mass is 9.83. The van der Waals surface area contributed by atoms with Crippen molar-refractivity contribution in [2.24, 2.45) is 0 Å². The maximum absolute atomic E-state index is 14.0. The van der Waals surface area contributed by atoms with Crippen LogP contribution in [0.1, 0.15) is 87.5 Å². The molecule has 1 atom stereocenters. The highest BCUT2D eigenvalue weighted by atomic mass is 19.4. The summed E-state index contributed by atoms with van der Waals surface area (Å²) in [6.45, 7) is 4.99. The highest BCUT2D eigenvalue weighted by Gasteiger charge is 2.36. The Morgan fingerprint density at radius 3 is 2.37 bits per heavy atom. The van der Waals surface area contributed by atoms with E-state index >= 15 is 0 Å². The van der Waals surface area contributed by atoms with Gasteiger partial charge in [-0.2, -0.15) is 13.2 Å². The van der Waals surface area contributed by atoms with Crippen LogP contribution in [0.15, 0.2) is 36.4 Å². The molecule has 0 bridgehead atoms. The maximum Gasteiger partial charge on any atom is 0.416 e. The Kier molecular flexibility index (Phi) is 9.61. The number of carbonyl (C=O) groups excluding carboxylic acids is 2. The molecule has 1 fully saturated rings. The predicted octanol–water partition coefficient (Wildman–Crippen LogP) is 6.93. The van der Waals surface area contributed by atoms with Gasteiger partial charge in [-0.1, -0.05) is 31.4 Å². The fourth-order valence-corrected chi connectivity index (χ4v) is 5.69. The van der Waals surface area contributed by atoms with E-state index in [-0.39, 0.29) is 18.1 Å². The first kappa shape index (κ1) is 32.2. The monoisotopic (exact) mass is 604 g/mol. The first-order chi connectivity index (χ1) is 20.1. The number of benzene rings is 2. The molecule has 0 aromatic heterocycles. The van der Waals surface area contributed by atoms with Crippen LogP contribution in [0.4, 0.5) is 23.7 Å². The summed E-state index contributed by atoms with van der Waals surface area (Å²) in [6.07, 6.45) is -0.375. The highest BCUT2D eigenvalue weighted by molar-refractivity contribution is 5.98. The second kappa shape index (κ2) is 12.9. The van der Waals surface area contributed by atoms with E-state index in [2.05, 4.69) is 0 Å². The number of ether oxygens (including phenoxy) is 2. The number of halogens is 3. The summed E-state index contributed by atoms with van der Waals surface area (Å²) in [5.74, 6) is -1.31. The molecular formula is C32H39F3N2O6. The van der Waals surface area contributed by atoms with Crippen molar-refractivity contribution in [2.75, 3.05) is 18.5 Å². The average molecular weight is 605 g/mol. The van der Waals surface area contributed by atoms with Gasteiger partial charge < -0.3 is 19.5 Å². The minimum atomic E-state index is -4.51. The smallest absolute Gasteiger partial charge is 0.416 e. The first-order valence-electron chi connectivity index (χ1n) is 14.6. The van der Waals surface area contributed by atoms with Gasteiger partial charge in [0.2, 0.25) is 5.91 Å². The number of carbonyl (C=O) groups is 3. The lowest BCUT2D eigenvalue weighted by Crippen LogP contribution is -2.47. The van der Waals surface area contributed by atoms with Gasteiger partial charge in [0.15, 0.2) is 0 Å². The summed E-state index contributed by atoms with van der Waals surface area (Å²) in [5.41, 5.74) is 0.575. The molecule has 234 valence electrons. The number of carboxylic acid groups (broad SMARTS) is 1. The van der Waals surface area contributed by atoms with Crippen LogP contribution in [0.2, 0.25) is 0 Å². The summed E-state index contributed by atoms with van der Waals surface area (Å²) >= 11 is 0. The zero-order valence-electron chi connectivity index (χ0n) is 25.0. The van der Waals surface area contributed by atoms with Crippen molar-refractivity contribution in [2.45, 2.75) is 96.1 Å². The molecule has 1 N–H and O–H groups in total. The summed E-state index contributed by atoms with van der Waals surface area (Å²) < 4.78 is 52.9. The van der Waals surface area contributed by atoms with Gasteiger partial charge in [-0.25, -0.2) is 9.59 Å². The SMILES string of the molecule is CN(C(=O)OC(C)(C)C)[C@H](CC(=O)N1CCc2cc(OCc3ccc(C4CCCCC4)cc3C(F)(F)F)ccc21)C(=O)O. The van der Waals surface area contributed by atoms with Crippen LogP contribution in [-0.4, -0.2) is 53.2 Å².